The van der Waals surface area contributed by atoms with Crippen LogP contribution in [0.4, 0.5) is 5.82 Å². The molecule has 0 radical (unpaired) electrons. The zero-order valence-electron chi connectivity index (χ0n) is 15.8. The highest BCUT2D eigenvalue weighted by molar-refractivity contribution is 5.72. The average molecular weight is 372 g/mol. The summed E-state index contributed by atoms with van der Waals surface area (Å²) < 4.78 is 10.8. The Kier molecular flexibility index (Phi) is 4.81. The SMILES string of the molecule is COc1cc(-c2cc(C3CN(c4cccc(C#N)n4)C3)ccc2OC)ccn1. The summed E-state index contributed by atoms with van der Waals surface area (Å²) in [7, 11) is 3.29. The van der Waals surface area contributed by atoms with Crippen molar-refractivity contribution in [2.45, 2.75) is 5.92 Å². The normalized spacial score (nSPS) is 13.5. The summed E-state index contributed by atoms with van der Waals surface area (Å²) in [5.41, 5.74) is 3.72. The summed E-state index contributed by atoms with van der Waals surface area (Å²) in [5.74, 6) is 2.64. The van der Waals surface area contributed by atoms with Crippen LogP contribution >= 0.6 is 0 Å². The molecule has 1 fully saturated rings. The monoisotopic (exact) mass is 372 g/mol. The Morgan fingerprint density at radius 2 is 1.93 bits per heavy atom. The first-order chi connectivity index (χ1) is 13.7. The fourth-order valence-corrected chi connectivity index (χ4v) is 3.43. The van der Waals surface area contributed by atoms with Gasteiger partial charge in [0.15, 0.2) is 0 Å². The molecule has 140 valence electrons. The fraction of sp³-hybridized carbons (Fsp3) is 0.227. The van der Waals surface area contributed by atoms with Gasteiger partial charge in [-0.2, -0.15) is 5.26 Å². The van der Waals surface area contributed by atoms with Crippen LogP contribution in [-0.2, 0) is 0 Å². The summed E-state index contributed by atoms with van der Waals surface area (Å²) in [4.78, 5) is 10.7. The zero-order valence-corrected chi connectivity index (χ0v) is 15.8. The van der Waals surface area contributed by atoms with Gasteiger partial charge in [0.05, 0.1) is 14.2 Å². The highest BCUT2D eigenvalue weighted by atomic mass is 16.5. The van der Waals surface area contributed by atoms with Crippen LogP contribution in [0.5, 0.6) is 11.6 Å². The Bertz CT molecular complexity index is 1040. The third-order valence-electron chi connectivity index (χ3n) is 5.00. The van der Waals surface area contributed by atoms with Crippen molar-refractivity contribution < 1.29 is 9.47 Å². The molecule has 2 aromatic heterocycles. The summed E-state index contributed by atoms with van der Waals surface area (Å²) in [6, 6.07) is 17.8. The van der Waals surface area contributed by atoms with E-state index < -0.39 is 0 Å². The van der Waals surface area contributed by atoms with Crippen molar-refractivity contribution in [3.63, 3.8) is 0 Å². The number of pyridine rings is 2. The highest BCUT2D eigenvalue weighted by Gasteiger charge is 2.29. The lowest BCUT2D eigenvalue weighted by Crippen LogP contribution is -2.45. The second kappa shape index (κ2) is 7.57. The van der Waals surface area contributed by atoms with Crippen molar-refractivity contribution >= 4 is 5.82 Å². The van der Waals surface area contributed by atoms with E-state index in [-0.39, 0.29) is 0 Å². The van der Waals surface area contributed by atoms with Crippen LogP contribution in [0.15, 0.2) is 54.7 Å². The van der Waals surface area contributed by atoms with Gasteiger partial charge in [-0.3, -0.25) is 0 Å². The van der Waals surface area contributed by atoms with Crippen LogP contribution in [0.2, 0.25) is 0 Å². The summed E-state index contributed by atoms with van der Waals surface area (Å²) in [6.45, 7) is 1.74. The predicted octanol–water partition coefficient (Wildman–Crippen LogP) is 3.64. The number of rotatable bonds is 5. The highest BCUT2D eigenvalue weighted by Crippen LogP contribution is 2.37. The van der Waals surface area contributed by atoms with Gasteiger partial charge in [0.2, 0.25) is 5.88 Å². The molecule has 0 N–H and O–H groups in total. The first-order valence-corrected chi connectivity index (χ1v) is 9.02. The molecule has 0 atom stereocenters. The van der Waals surface area contributed by atoms with Gasteiger partial charge in [-0.1, -0.05) is 12.1 Å². The smallest absolute Gasteiger partial charge is 0.213 e. The summed E-state index contributed by atoms with van der Waals surface area (Å²) >= 11 is 0. The Hall–Kier alpha value is -3.59. The lowest BCUT2D eigenvalue weighted by atomic mass is 9.89. The number of hydrogen-bond donors (Lipinski definition) is 0. The molecule has 0 amide bonds. The minimum Gasteiger partial charge on any atom is -0.496 e. The fourth-order valence-electron chi connectivity index (χ4n) is 3.43. The molecule has 1 aliphatic rings. The largest absolute Gasteiger partial charge is 0.496 e. The summed E-state index contributed by atoms with van der Waals surface area (Å²) in [5, 5.41) is 9.03. The molecule has 0 saturated carbocycles. The van der Waals surface area contributed by atoms with E-state index in [4.69, 9.17) is 14.7 Å². The van der Waals surface area contributed by atoms with E-state index in [1.807, 2.05) is 30.3 Å². The molecule has 0 spiro atoms. The number of methoxy groups -OCH3 is 2. The van der Waals surface area contributed by atoms with E-state index in [1.165, 1.54) is 5.56 Å². The van der Waals surface area contributed by atoms with Crippen molar-refractivity contribution in [3.8, 4) is 28.8 Å². The van der Waals surface area contributed by atoms with Gasteiger partial charge < -0.3 is 14.4 Å². The standard InChI is InChI=1S/C22H20N4O2/c1-27-20-7-6-15(10-19(20)16-8-9-24-22(11-16)28-2)17-13-26(14-17)21-5-3-4-18(12-23)25-21/h3-11,17H,13-14H2,1-2H3. The topological polar surface area (TPSA) is 71.3 Å². The lowest BCUT2D eigenvalue weighted by Gasteiger charge is -2.40. The maximum atomic E-state index is 9.03. The van der Waals surface area contributed by atoms with Crippen LogP contribution in [0.25, 0.3) is 11.1 Å². The van der Waals surface area contributed by atoms with Crippen molar-refractivity contribution in [2.24, 2.45) is 0 Å². The summed E-state index contributed by atoms with van der Waals surface area (Å²) in [6.07, 6.45) is 1.74. The van der Waals surface area contributed by atoms with Gasteiger partial charge in [0.25, 0.3) is 0 Å². The first kappa shape index (κ1) is 17.8. The maximum absolute atomic E-state index is 9.03. The molecule has 0 bridgehead atoms. The molecule has 0 unspecified atom stereocenters. The molecule has 1 saturated heterocycles. The maximum Gasteiger partial charge on any atom is 0.213 e. The molecule has 4 rings (SSSR count). The van der Waals surface area contributed by atoms with E-state index in [9.17, 15) is 0 Å². The molecular formula is C22H20N4O2. The van der Waals surface area contributed by atoms with E-state index in [1.54, 1.807) is 26.5 Å². The molecule has 1 aliphatic heterocycles. The van der Waals surface area contributed by atoms with Crippen LogP contribution in [-0.4, -0.2) is 37.3 Å². The molecule has 6 nitrogen and oxygen atoms in total. The van der Waals surface area contributed by atoms with Crippen molar-refractivity contribution in [1.29, 1.82) is 5.26 Å². The van der Waals surface area contributed by atoms with Crippen LogP contribution in [0.1, 0.15) is 17.2 Å². The Balaban J connectivity index is 1.57. The number of hydrogen-bond acceptors (Lipinski definition) is 6. The Labute approximate surface area is 164 Å². The molecule has 1 aromatic carbocycles. The van der Waals surface area contributed by atoms with Crippen LogP contribution in [0, 0.1) is 11.3 Å². The van der Waals surface area contributed by atoms with Crippen LogP contribution in [0.3, 0.4) is 0 Å². The second-order valence-electron chi connectivity index (χ2n) is 6.64. The van der Waals surface area contributed by atoms with Crippen molar-refractivity contribution in [2.75, 3.05) is 32.2 Å². The van der Waals surface area contributed by atoms with Crippen molar-refractivity contribution in [3.05, 3.63) is 66.0 Å². The van der Waals surface area contributed by atoms with E-state index in [0.717, 1.165) is 35.8 Å². The average Bonchev–Trinajstić information content (AvgIpc) is 2.73. The number of nitrogens with zero attached hydrogens (tertiary/aromatic N) is 4. The van der Waals surface area contributed by atoms with E-state index in [0.29, 0.717) is 17.5 Å². The van der Waals surface area contributed by atoms with E-state index >= 15 is 0 Å². The van der Waals surface area contributed by atoms with Crippen LogP contribution < -0.4 is 14.4 Å². The Morgan fingerprint density at radius 1 is 1.07 bits per heavy atom. The molecule has 28 heavy (non-hydrogen) atoms. The number of benzene rings is 1. The number of ether oxygens (including phenoxy) is 2. The van der Waals surface area contributed by atoms with Gasteiger partial charge in [-0.25, -0.2) is 9.97 Å². The molecule has 6 heteroatoms. The minimum atomic E-state index is 0.404. The van der Waals surface area contributed by atoms with Gasteiger partial charge in [0.1, 0.15) is 23.3 Å². The van der Waals surface area contributed by atoms with Crippen molar-refractivity contribution in [1.82, 2.24) is 9.97 Å². The third-order valence-corrected chi connectivity index (χ3v) is 5.00. The third kappa shape index (κ3) is 3.35. The minimum absolute atomic E-state index is 0.404. The Morgan fingerprint density at radius 3 is 2.68 bits per heavy atom. The molecule has 3 heterocycles. The zero-order chi connectivity index (χ0) is 19.5. The number of nitriles is 1. The molecular weight excluding hydrogens is 352 g/mol. The first-order valence-electron chi connectivity index (χ1n) is 9.02. The van der Waals surface area contributed by atoms with Gasteiger partial charge >= 0.3 is 0 Å². The lowest BCUT2D eigenvalue weighted by molar-refractivity contribution is 0.398. The molecule has 3 aromatic rings. The number of aromatic nitrogens is 2. The second-order valence-corrected chi connectivity index (χ2v) is 6.64. The van der Waals surface area contributed by atoms with Gasteiger partial charge in [0, 0.05) is 36.8 Å². The van der Waals surface area contributed by atoms with Gasteiger partial charge in [-0.05, 0) is 41.5 Å². The van der Waals surface area contributed by atoms with E-state index in [2.05, 4.69) is 33.1 Å². The van der Waals surface area contributed by atoms with Gasteiger partial charge in [-0.15, -0.1) is 0 Å². The number of anilines is 1. The molecule has 0 aliphatic carbocycles. The predicted molar refractivity (Wildman–Crippen MR) is 107 cm³/mol. The quantitative estimate of drug-likeness (QED) is 0.681.